The van der Waals surface area contributed by atoms with Crippen molar-refractivity contribution in [1.29, 1.82) is 0 Å². The maximum Gasteiger partial charge on any atom is 0.335 e. The Hall–Kier alpha value is -3.21. The minimum atomic E-state index is -0.750. The number of hydrogen-bond acceptors (Lipinski definition) is 9. The lowest BCUT2D eigenvalue weighted by Crippen LogP contribution is -2.10. The summed E-state index contributed by atoms with van der Waals surface area (Å²) in [6.45, 7) is 6.66. The van der Waals surface area contributed by atoms with E-state index in [-0.39, 0.29) is 0 Å². The molecule has 0 bridgehead atoms. The van der Waals surface area contributed by atoms with Crippen LogP contribution in [-0.4, -0.2) is 38.3 Å². The molecule has 1 aromatic carbocycles. The summed E-state index contributed by atoms with van der Waals surface area (Å²) in [5.74, 6) is 1.70. The second-order valence-corrected chi connectivity index (χ2v) is 6.19. The van der Waals surface area contributed by atoms with Crippen LogP contribution in [0.5, 0.6) is 0 Å². The van der Waals surface area contributed by atoms with Crippen LogP contribution in [0.15, 0.2) is 29.0 Å². The fraction of sp³-hybridized carbons (Fsp3) is 0.312. The van der Waals surface area contributed by atoms with Gasteiger partial charge in [0.1, 0.15) is 16.9 Å². The fourth-order valence-electron chi connectivity index (χ4n) is 2.70. The van der Waals surface area contributed by atoms with E-state index in [4.69, 9.17) is 13.0 Å². The van der Waals surface area contributed by atoms with E-state index in [0.29, 0.717) is 24.2 Å². The van der Waals surface area contributed by atoms with Gasteiger partial charge in [0.2, 0.25) is 5.95 Å². The molecule has 0 aliphatic heterocycles. The Labute approximate surface area is 157 Å². The van der Waals surface area contributed by atoms with Gasteiger partial charge in [-0.2, -0.15) is 23.0 Å². The van der Waals surface area contributed by atoms with Gasteiger partial charge in [-0.1, -0.05) is 26.0 Å². The van der Waals surface area contributed by atoms with Crippen LogP contribution in [0, 0.1) is 6.92 Å². The van der Waals surface area contributed by atoms with Crippen molar-refractivity contribution in [2.24, 2.45) is 0 Å². The molecule has 27 heavy (non-hydrogen) atoms. The number of benzene rings is 1. The van der Waals surface area contributed by atoms with E-state index in [1.807, 2.05) is 31.3 Å². The van der Waals surface area contributed by atoms with E-state index < -0.39 is 11.6 Å². The molecule has 0 saturated heterocycles. The van der Waals surface area contributed by atoms with Crippen molar-refractivity contribution >= 4 is 34.2 Å². The highest BCUT2D eigenvalue weighted by Gasteiger charge is 2.14. The highest BCUT2D eigenvalue weighted by Crippen LogP contribution is 2.21. The fourth-order valence-corrected chi connectivity index (χ4v) is 2.70. The summed E-state index contributed by atoms with van der Waals surface area (Å²) in [6, 6.07) is 5.77. The lowest BCUT2D eigenvalue weighted by molar-refractivity contribution is 0.315. The van der Waals surface area contributed by atoms with Gasteiger partial charge in [0.05, 0.1) is 6.20 Å². The van der Waals surface area contributed by atoms with Crippen molar-refractivity contribution in [2.45, 2.75) is 33.2 Å². The molecule has 3 heterocycles. The minimum absolute atomic E-state index is 0.347. The van der Waals surface area contributed by atoms with Crippen molar-refractivity contribution in [3.8, 4) is 0 Å². The molecule has 1 N–H and O–H groups in total. The quantitative estimate of drug-likeness (QED) is 0.559. The monoisotopic (exact) mass is 387 g/mol. The van der Waals surface area contributed by atoms with Gasteiger partial charge in [0.15, 0.2) is 5.65 Å². The molecule has 140 valence electrons. The maximum atomic E-state index is 8.29. The average Bonchev–Trinajstić information content (AvgIpc) is 3.27. The van der Waals surface area contributed by atoms with E-state index in [9.17, 15) is 0 Å². The Bertz CT molecular complexity index is 1120. The second kappa shape index (κ2) is 7.99. The van der Waals surface area contributed by atoms with Gasteiger partial charge < -0.3 is 5.32 Å². The number of aromatic nitrogens is 6. The Morgan fingerprint density at radius 2 is 2.00 bits per heavy atom. The normalized spacial score (nSPS) is 10.8. The van der Waals surface area contributed by atoms with Crippen molar-refractivity contribution in [3.05, 3.63) is 41.3 Å². The number of nitrogens with zero attached hydrogens (tertiary/aromatic N) is 6. The van der Waals surface area contributed by atoms with Crippen LogP contribution in [0.2, 0.25) is 0 Å². The lowest BCUT2D eigenvalue weighted by Gasteiger charge is -2.09. The molecule has 10 nitrogen and oxygen atoms in total. The van der Waals surface area contributed by atoms with Gasteiger partial charge in [-0.25, -0.2) is 9.61 Å². The second-order valence-electron chi connectivity index (χ2n) is 6.06. The maximum absolute atomic E-state index is 8.29. The highest BCUT2D eigenvalue weighted by molar-refractivity contribution is 7.51. The zero-order chi connectivity index (χ0) is 19.4. The first-order valence-corrected chi connectivity index (χ1v) is 8.80. The van der Waals surface area contributed by atoms with Crippen LogP contribution in [-0.2, 0) is 18.1 Å². The van der Waals surface area contributed by atoms with Crippen LogP contribution >= 0.6 is 0 Å². The molecule has 0 spiro atoms. The first-order chi connectivity index (χ1) is 13.0. The Balaban J connectivity index is 0.000000659. The van der Waals surface area contributed by atoms with Gasteiger partial charge in [-0.3, -0.25) is 0 Å². The molecule has 0 radical (unpaired) electrons. The first-order valence-electron chi connectivity index (χ1n) is 8.13. The van der Waals surface area contributed by atoms with Crippen LogP contribution in [0.1, 0.15) is 36.7 Å². The average molecular weight is 387 g/mol. The number of nitrogens with one attached hydrogen (secondary N) is 1. The standard InChI is InChI=1S/C16H17N7O.O2S/c1-9(2)12-8-18-23-15(12)19-10(3)20-16(23)17-7-11-5-4-6-13-14(11)22-24-21-13;1-3-2/h4-6,8-9H,7H2,1-3H3,(H,17,19,20);. The van der Waals surface area contributed by atoms with Crippen molar-refractivity contribution in [1.82, 2.24) is 29.9 Å². The molecule has 0 unspecified atom stereocenters. The van der Waals surface area contributed by atoms with E-state index in [2.05, 4.69) is 44.5 Å². The van der Waals surface area contributed by atoms with Gasteiger partial charge in [-0.15, -0.1) is 0 Å². The third-order valence-electron chi connectivity index (χ3n) is 3.94. The smallest absolute Gasteiger partial charge is 0.335 e. The van der Waals surface area contributed by atoms with Gasteiger partial charge in [0.25, 0.3) is 0 Å². The number of anilines is 1. The van der Waals surface area contributed by atoms with Gasteiger partial charge in [0, 0.05) is 17.7 Å². The minimum Gasteiger partial charge on any atom is -0.350 e. The molecule has 0 saturated carbocycles. The third kappa shape index (κ3) is 3.82. The summed E-state index contributed by atoms with van der Waals surface area (Å²) in [5, 5.41) is 15.6. The molecule has 4 aromatic rings. The van der Waals surface area contributed by atoms with Gasteiger partial charge >= 0.3 is 11.6 Å². The van der Waals surface area contributed by atoms with Crippen LogP contribution in [0.4, 0.5) is 5.95 Å². The molecule has 0 aliphatic rings. The zero-order valence-electron chi connectivity index (χ0n) is 14.9. The van der Waals surface area contributed by atoms with E-state index in [1.54, 1.807) is 4.52 Å². The lowest BCUT2D eigenvalue weighted by atomic mass is 10.1. The molecule has 0 atom stereocenters. The summed E-state index contributed by atoms with van der Waals surface area (Å²) in [6.07, 6.45) is 1.85. The topological polar surface area (TPSA) is 128 Å². The predicted molar refractivity (Wildman–Crippen MR) is 97.7 cm³/mol. The molecule has 4 rings (SSSR count). The van der Waals surface area contributed by atoms with E-state index in [0.717, 1.165) is 27.8 Å². The molecular formula is C16H17N7O3S. The summed E-state index contributed by atoms with van der Waals surface area (Å²) >= 11 is -0.750. The molecular weight excluding hydrogens is 370 g/mol. The molecule has 0 fully saturated rings. The van der Waals surface area contributed by atoms with Crippen LogP contribution < -0.4 is 5.32 Å². The first kappa shape index (κ1) is 18.6. The summed E-state index contributed by atoms with van der Waals surface area (Å²) in [5.41, 5.74) is 4.40. The van der Waals surface area contributed by atoms with E-state index >= 15 is 0 Å². The van der Waals surface area contributed by atoms with Gasteiger partial charge in [-0.05, 0) is 29.2 Å². The molecule has 11 heteroatoms. The summed E-state index contributed by atoms with van der Waals surface area (Å²) in [4.78, 5) is 9.00. The zero-order valence-corrected chi connectivity index (χ0v) is 15.7. The summed E-state index contributed by atoms with van der Waals surface area (Å²) < 4.78 is 23.1. The Kier molecular flexibility index (Phi) is 5.50. The molecule has 0 amide bonds. The predicted octanol–water partition coefficient (Wildman–Crippen LogP) is 2.03. The number of aryl methyl sites for hydroxylation is 1. The molecule has 3 aromatic heterocycles. The number of rotatable bonds is 4. The SMILES string of the molecule is Cc1nc(NCc2cccc3nonc23)n2ncc(C(C)C)c2n1.O=S=O. The van der Waals surface area contributed by atoms with Crippen LogP contribution in [0.25, 0.3) is 16.7 Å². The number of hydrogen-bond donors (Lipinski definition) is 1. The third-order valence-corrected chi connectivity index (χ3v) is 3.94. The summed E-state index contributed by atoms with van der Waals surface area (Å²) in [7, 11) is 0. The number of fused-ring (bicyclic) bond motifs is 2. The largest absolute Gasteiger partial charge is 0.350 e. The Morgan fingerprint density at radius 3 is 2.74 bits per heavy atom. The molecule has 0 aliphatic carbocycles. The van der Waals surface area contributed by atoms with Crippen molar-refractivity contribution in [2.75, 3.05) is 5.32 Å². The Morgan fingerprint density at radius 1 is 1.22 bits per heavy atom. The van der Waals surface area contributed by atoms with E-state index in [1.165, 1.54) is 0 Å². The van der Waals surface area contributed by atoms with Crippen molar-refractivity contribution < 1.29 is 13.0 Å². The highest BCUT2D eigenvalue weighted by atomic mass is 32.1. The van der Waals surface area contributed by atoms with Crippen LogP contribution in [0.3, 0.4) is 0 Å². The van der Waals surface area contributed by atoms with Crippen molar-refractivity contribution in [3.63, 3.8) is 0 Å².